The van der Waals surface area contributed by atoms with Crippen LogP contribution in [0.15, 0.2) is 36.5 Å². The summed E-state index contributed by atoms with van der Waals surface area (Å²) < 4.78 is 72.0. The van der Waals surface area contributed by atoms with Gasteiger partial charge in [-0.3, -0.25) is 9.58 Å². The van der Waals surface area contributed by atoms with Crippen LogP contribution >= 0.6 is 0 Å². The van der Waals surface area contributed by atoms with Crippen LogP contribution in [0.1, 0.15) is 23.7 Å². The van der Waals surface area contributed by atoms with Crippen LogP contribution in [0.5, 0.6) is 0 Å². The van der Waals surface area contributed by atoms with Crippen LogP contribution in [0.2, 0.25) is 0 Å². The van der Waals surface area contributed by atoms with Gasteiger partial charge >= 0.3 is 12.1 Å². The first-order valence-corrected chi connectivity index (χ1v) is 11.0. The number of halogens is 4. The lowest BCUT2D eigenvalue weighted by Crippen LogP contribution is -2.38. The van der Waals surface area contributed by atoms with E-state index in [1.165, 1.54) is 6.07 Å². The predicted molar refractivity (Wildman–Crippen MR) is 103 cm³/mol. The number of aliphatic carboxylic acids is 1. The Balaban J connectivity index is 0.000000423. The highest BCUT2D eigenvalue weighted by Gasteiger charge is 2.38. The number of rotatable bonds is 6. The molecular formula is C18H22F4N4O4S. The summed E-state index contributed by atoms with van der Waals surface area (Å²) in [5.41, 5.74) is 2.01. The van der Waals surface area contributed by atoms with E-state index in [9.17, 15) is 26.0 Å². The van der Waals surface area contributed by atoms with Gasteiger partial charge in [-0.1, -0.05) is 12.1 Å². The minimum absolute atomic E-state index is 0.0894. The van der Waals surface area contributed by atoms with E-state index in [0.29, 0.717) is 19.5 Å². The summed E-state index contributed by atoms with van der Waals surface area (Å²) >= 11 is 0. The molecule has 1 atom stereocenters. The summed E-state index contributed by atoms with van der Waals surface area (Å²) in [7, 11) is -3.19. The number of nitrogens with zero attached hydrogens (tertiary/aromatic N) is 3. The first-order valence-electron chi connectivity index (χ1n) is 9.09. The molecule has 0 aliphatic carbocycles. The van der Waals surface area contributed by atoms with Gasteiger partial charge in [-0.25, -0.2) is 22.3 Å². The lowest BCUT2D eigenvalue weighted by molar-refractivity contribution is -0.192. The standard InChI is InChI=1S/C16H21FN4O2S.C2HF3O2/c1-24(22,23)19-8-6-16-12-20(11-15-5-7-18-21(15)16)10-13-3-2-4-14(17)9-13;3-2(4,5)1(6)7/h2-5,7,9,16,19H,6,8,10-12H2,1H3;(H,6,7). The van der Waals surface area contributed by atoms with Crippen molar-refractivity contribution in [1.29, 1.82) is 0 Å². The number of fused-ring (bicyclic) bond motifs is 1. The van der Waals surface area contributed by atoms with Gasteiger partial charge in [0.05, 0.1) is 18.0 Å². The summed E-state index contributed by atoms with van der Waals surface area (Å²) in [6.07, 6.45) is -1.51. The second kappa shape index (κ2) is 10.2. The molecule has 2 N–H and O–H groups in total. The molecule has 8 nitrogen and oxygen atoms in total. The number of alkyl halides is 3. The Morgan fingerprint density at radius 1 is 1.32 bits per heavy atom. The average molecular weight is 466 g/mol. The van der Waals surface area contributed by atoms with E-state index >= 15 is 0 Å². The van der Waals surface area contributed by atoms with Crippen LogP contribution < -0.4 is 4.72 Å². The SMILES string of the molecule is CS(=O)(=O)NCCC1CN(Cc2cccc(F)c2)Cc2ccnn21.O=C(O)C(F)(F)F. The lowest BCUT2D eigenvalue weighted by atomic mass is 10.1. The summed E-state index contributed by atoms with van der Waals surface area (Å²) in [6, 6.07) is 8.67. The highest BCUT2D eigenvalue weighted by molar-refractivity contribution is 7.88. The van der Waals surface area contributed by atoms with E-state index in [4.69, 9.17) is 9.90 Å². The molecule has 0 saturated carbocycles. The van der Waals surface area contributed by atoms with Crippen molar-refractivity contribution < 1.29 is 35.9 Å². The minimum Gasteiger partial charge on any atom is -0.475 e. The summed E-state index contributed by atoms with van der Waals surface area (Å²) in [5, 5.41) is 11.5. The molecule has 0 radical (unpaired) electrons. The van der Waals surface area contributed by atoms with Crippen molar-refractivity contribution in [2.24, 2.45) is 0 Å². The maximum atomic E-state index is 13.4. The molecule has 13 heteroatoms. The van der Waals surface area contributed by atoms with Gasteiger partial charge in [0.25, 0.3) is 0 Å². The zero-order chi connectivity index (χ0) is 23.2. The molecule has 2 heterocycles. The molecule has 0 bridgehead atoms. The summed E-state index contributed by atoms with van der Waals surface area (Å²) in [4.78, 5) is 11.1. The largest absolute Gasteiger partial charge is 0.490 e. The lowest BCUT2D eigenvalue weighted by Gasteiger charge is -2.34. The van der Waals surface area contributed by atoms with Crippen LogP contribution in [-0.2, 0) is 27.9 Å². The number of carboxylic acids is 1. The molecule has 1 aromatic carbocycles. The van der Waals surface area contributed by atoms with Crippen molar-refractivity contribution in [2.75, 3.05) is 19.3 Å². The summed E-state index contributed by atoms with van der Waals surface area (Å²) in [5.74, 6) is -2.99. The van der Waals surface area contributed by atoms with Crippen LogP contribution in [0, 0.1) is 5.82 Å². The van der Waals surface area contributed by atoms with E-state index in [0.717, 1.165) is 30.6 Å². The van der Waals surface area contributed by atoms with Crippen LogP contribution in [0.4, 0.5) is 17.6 Å². The van der Waals surface area contributed by atoms with Gasteiger partial charge in [0.1, 0.15) is 5.82 Å². The highest BCUT2D eigenvalue weighted by Crippen LogP contribution is 2.24. The van der Waals surface area contributed by atoms with Gasteiger partial charge in [-0.05, 0) is 30.2 Å². The fraction of sp³-hybridized carbons (Fsp3) is 0.444. The number of carbonyl (C=O) groups is 1. The van der Waals surface area contributed by atoms with Crippen molar-refractivity contribution in [1.82, 2.24) is 19.4 Å². The van der Waals surface area contributed by atoms with Crippen molar-refractivity contribution in [3.63, 3.8) is 0 Å². The third kappa shape index (κ3) is 8.26. The highest BCUT2D eigenvalue weighted by atomic mass is 32.2. The number of hydrogen-bond acceptors (Lipinski definition) is 5. The Morgan fingerprint density at radius 2 is 2.00 bits per heavy atom. The normalized spacial score (nSPS) is 16.9. The molecule has 172 valence electrons. The van der Waals surface area contributed by atoms with Gasteiger partial charge in [0.2, 0.25) is 10.0 Å². The number of carboxylic acid groups (broad SMARTS) is 1. The average Bonchev–Trinajstić information content (AvgIpc) is 3.09. The minimum atomic E-state index is -5.08. The molecule has 0 spiro atoms. The molecular weight excluding hydrogens is 444 g/mol. The molecule has 3 rings (SSSR count). The Morgan fingerprint density at radius 3 is 2.58 bits per heavy atom. The maximum Gasteiger partial charge on any atom is 0.490 e. The van der Waals surface area contributed by atoms with Crippen molar-refractivity contribution in [2.45, 2.75) is 31.7 Å². The Kier molecular flexibility index (Phi) is 8.14. The number of aromatic nitrogens is 2. The first-order chi connectivity index (χ1) is 14.3. The number of hydrogen-bond donors (Lipinski definition) is 2. The second-order valence-corrected chi connectivity index (χ2v) is 8.81. The third-order valence-electron chi connectivity index (χ3n) is 4.33. The van der Waals surface area contributed by atoms with Gasteiger partial charge < -0.3 is 5.11 Å². The number of sulfonamides is 1. The monoisotopic (exact) mass is 466 g/mol. The zero-order valence-electron chi connectivity index (χ0n) is 16.5. The molecule has 31 heavy (non-hydrogen) atoms. The Labute approximate surface area is 176 Å². The van der Waals surface area contributed by atoms with E-state index in [1.807, 2.05) is 16.8 Å². The first kappa shape index (κ1) is 24.8. The molecule has 0 saturated heterocycles. The van der Waals surface area contributed by atoms with Gasteiger partial charge in [-0.2, -0.15) is 18.3 Å². The quantitative estimate of drug-likeness (QED) is 0.633. The van der Waals surface area contributed by atoms with Gasteiger partial charge in [-0.15, -0.1) is 0 Å². The van der Waals surface area contributed by atoms with Crippen LogP contribution in [0.25, 0.3) is 0 Å². The van der Waals surface area contributed by atoms with E-state index in [-0.39, 0.29) is 11.9 Å². The molecule has 1 aliphatic rings. The van der Waals surface area contributed by atoms with Crippen molar-refractivity contribution in [3.05, 3.63) is 53.6 Å². The smallest absolute Gasteiger partial charge is 0.475 e. The summed E-state index contributed by atoms with van der Waals surface area (Å²) in [6.45, 7) is 2.51. The third-order valence-corrected chi connectivity index (χ3v) is 5.06. The zero-order valence-corrected chi connectivity index (χ0v) is 17.3. The fourth-order valence-electron chi connectivity index (χ4n) is 3.10. The van der Waals surface area contributed by atoms with Crippen LogP contribution in [0.3, 0.4) is 0 Å². The topological polar surface area (TPSA) is 105 Å². The number of benzene rings is 1. The molecule has 0 fully saturated rings. The van der Waals surface area contributed by atoms with Crippen molar-refractivity contribution >= 4 is 16.0 Å². The number of nitrogens with one attached hydrogen (secondary N) is 1. The molecule has 1 aliphatic heterocycles. The maximum absolute atomic E-state index is 13.4. The fourth-order valence-corrected chi connectivity index (χ4v) is 3.59. The molecule has 1 aromatic heterocycles. The molecule has 0 amide bonds. The molecule has 1 unspecified atom stereocenters. The second-order valence-electron chi connectivity index (χ2n) is 6.98. The Hall–Kier alpha value is -2.51. The van der Waals surface area contributed by atoms with Crippen molar-refractivity contribution in [3.8, 4) is 0 Å². The van der Waals surface area contributed by atoms with E-state index in [2.05, 4.69) is 14.7 Å². The predicted octanol–water partition coefficient (Wildman–Crippen LogP) is 2.15. The van der Waals surface area contributed by atoms with Crippen LogP contribution in [-0.4, -0.2) is 59.7 Å². The van der Waals surface area contributed by atoms with Gasteiger partial charge in [0, 0.05) is 32.4 Å². The Bertz CT molecular complexity index is 994. The van der Waals surface area contributed by atoms with E-state index in [1.54, 1.807) is 18.3 Å². The van der Waals surface area contributed by atoms with E-state index < -0.39 is 22.2 Å². The molecule has 2 aromatic rings. The van der Waals surface area contributed by atoms with Gasteiger partial charge in [0.15, 0.2) is 0 Å².